The van der Waals surface area contributed by atoms with Crippen molar-refractivity contribution in [3.8, 4) is 10.7 Å². The first-order valence-corrected chi connectivity index (χ1v) is 9.00. The van der Waals surface area contributed by atoms with Gasteiger partial charge in [-0.15, -0.1) is 22.7 Å². The van der Waals surface area contributed by atoms with Crippen molar-refractivity contribution >= 4 is 46.0 Å². The molecule has 3 aromatic heterocycles. The lowest BCUT2D eigenvalue weighted by Gasteiger charge is -2.01. The molecule has 0 bridgehead atoms. The molecule has 3 rings (SSSR count). The average molecular weight is 383 g/mol. The standard InChI is InChI=1S/C15H11ClN2O4S2/c16-12-4-3-10(24-12)9(19)8-21-14(20)6-5-13-17-15(18-22-13)11-2-1-7-23-11/h1-4,7H,5-6,8H2. The SMILES string of the molecule is O=C(CCc1nc(-c2cccs2)no1)OCC(=O)c1ccc(Cl)s1. The van der Waals surface area contributed by atoms with E-state index in [1.54, 1.807) is 12.1 Å². The Morgan fingerprint density at radius 2 is 2.17 bits per heavy atom. The van der Waals surface area contributed by atoms with Crippen molar-refractivity contribution < 1.29 is 18.8 Å². The summed E-state index contributed by atoms with van der Waals surface area (Å²) in [5.74, 6) is 0.0738. The van der Waals surface area contributed by atoms with Crippen LogP contribution >= 0.6 is 34.3 Å². The van der Waals surface area contributed by atoms with Crippen molar-refractivity contribution in [2.24, 2.45) is 0 Å². The second-order valence-electron chi connectivity index (χ2n) is 4.68. The van der Waals surface area contributed by atoms with Crippen LogP contribution in [0.3, 0.4) is 0 Å². The van der Waals surface area contributed by atoms with Crippen LogP contribution in [0.5, 0.6) is 0 Å². The summed E-state index contributed by atoms with van der Waals surface area (Å²) < 4.78 is 10.6. The normalized spacial score (nSPS) is 10.7. The summed E-state index contributed by atoms with van der Waals surface area (Å²) in [7, 11) is 0. The first kappa shape index (κ1) is 16.8. The average Bonchev–Trinajstić information content (AvgIpc) is 3.30. The van der Waals surface area contributed by atoms with Gasteiger partial charge in [0.1, 0.15) is 0 Å². The van der Waals surface area contributed by atoms with E-state index >= 15 is 0 Å². The Balaban J connectivity index is 1.45. The molecule has 0 unspecified atom stereocenters. The van der Waals surface area contributed by atoms with E-state index in [4.69, 9.17) is 20.9 Å². The summed E-state index contributed by atoms with van der Waals surface area (Å²) in [4.78, 5) is 29.1. The molecule has 9 heteroatoms. The Kier molecular flexibility index (Phi) is 5.39. The van der Waals surface area contributed by atoms with E-state index in [9.17, 15) is 9.59 Å². The highest BCUT2D eigenvalue weighted by Gasteiger charge is 2.14. The molecule has 0 aliphatic carbocycles. The monoisotopic (exact) mass is 382 g/mol. The van der Waals surface area contributed by atoms with Crippen molar-refractivity contribution in [1.29, 1.82) is 0 Å². The van der Waals surface area contributed by atoms with Crippen LogP contribution in [0.1, 0.15) is 22.0 Å². The molecule has 0 radical (unpaired) electrons. The van der Waals surface area contributed by atoms with Crippen LogP contribution in [0.2, 0.25) is 4.34 Å². The number of aromatic nitrogens is 2. The van der Waals surface area contributed by atoms with Crippen molar-refractivity contribution in [1.82, 2.24) is 10.1 Å². The van der Waals surface area contributed by atoms with Crippen molar-refractivity contribution in [2.45, 2.75) is 12.8 Å². The molecule has 0 aliphatic rings. The first-order valence-electron chi connectivity index (χ1n) is 6.92. The maximum atomic E-state index is 11.8. The third-order valence-corrected chi connectivity index (χ3v) is 5.10. The van der Waals surface area contributed by atoms with E-state index in [1.807, 2.05) is 17.5 Å². The number of carbonyl (C=O) groups excluding carboxylic acids is 2. The Bertz CT molecular complexity index is 841. The van der Waals surface area contributed by atoms with Gasteiger partial charge < -0.3 is 9.26 Å². The Morgan fingerprint density at radius 1 is 1.29 bits per heavy atom. The van der Waals surface area contributed by atoms with Crippen LogP contribution in [0.4, 0.5) is 0 Å². The molecule has 3 heterocycles. The maximum Gasteiger partial charge on any atom is 0.306 e. The Morgan fingerprint density at radius 3 is 2.88 bits per heavy atom. The van der Waals surface area contributed by atoms with Gasteiger partial charge in [0.05, 0.1) is 20.5 Å². The lowest BCUT2D eigenvalue weighted by atomic mass is 10.3. The third kappa shape index (κ3) is 4.28. The van der Waals surface area contributed by atoms with E-state index in [1.165, 1.54) is 11.3 Å². The van der Waals surface area contributed by atoms with Crippen molar-refractivity contribution in [3.63, 3.8) is 0 Å². The highest BCUT2D eigenvalue weighted by molar-refractivity contribution is 7.18. The van der Waals surface area contributed by atoms with E-state index in [0.29, 0.717) is 20.9 Å². The fourth-order valence-electron chi connectivity index (χ4n) is 1.82. The number of rotatable bonds is 7. The van der Waals surface area contributed by atoms with E-state index in [-0.39, 0.29) is 25.2 Å². The minimum atomic E-state index is -0.498. The van der Waals surface area contributed by atoms with Crippen molar-refractivity contribution in [2.75, 3.05) is 6.61 Å². The molecule has 6 nitrogen and oxygen atoms in total. The number of nitrogens with zero attached hydrogens (tertiary/aromatic N) is 2. The van der Waals surface area contributed by atoms with Gasteiger partial charge >= 0.3 is 5.97 Å². The summed E-state index contributed by atoms with van der Waals surface area (Å²) in [5.41, 5.74) is 0. The van der Waals surface area contributed by atoms with E-state index < -0.39 is 5.97 Å². The second kappa shape index (κ2) is 7.69. The van der Waals surface area contributed by atoms with Crippen LogP contribution in [0, 0.1) is 0 Å². The lowest BCUT2D eigenvalue weighted by molar-refractivity contribution is -0.142. The topological polar surface area (TPSA) is 82.3 Å². The number of ether oxygens (including phenoxy) is 1. The molecule has 0 saturated carbocycles. The summed E-state index contributed by atoms with van der Waals surface area (Å²) >= 11 is 8.41. The fraction of sp³-hybridized carbons (Fsp3) is 0.200. The van der Waals surface area contributed by atoms with Gasteiger partial charge in [0.15, 0.2) is 6.61 Å². The van der Waals surface area contributed by atoms with Gasteiger partial charge in [-0.3, -0.25) is 9.59 Å². The zero-order valence-corrected chi connectivity index (χ0v) is 14.6. The summed E-state index contributed by atoms with van der Waals surface area (Å²) in [5, 5.41) is 5.78. The van der Waals surface area contributed by atoms with Gasteiger partial charge in [0.25, 0.3) is 0 Å². The number of Topliss-reactive ketones (excluding diaryl/α,β-unsaturated/α-hetero) is 1. The summed E-state index contributed by atoms with van der Waals surface area (Å²) in [6.45, 7) is -0.306. The zero-order valence-electron chi connectivity index (χ0n) is 12.2. The number of ketones is 1. The van der Waals surface area contributed by atoms with E-state index in [0.717, 1.165) is 16.2 Å². The molecule has 0 saturated heterocycles. The van der Waals surface area contributed by atoms with E-state index in [2.05, 4.69) is 10.1 Å². The van der Waals surface area contributed by atoms with Gasteiger partial charge in [-0.1, -0.05) is 22.8 Å². The summed E-state index contributed by atoms with van der Waals surface area (Å²) in [6.07, 6.45) is 0.320. The predicted octanol–water partition coefficient (Wildman–Crippen LogP) is 3.87. The number of thiophene rings is 2. The fourth-order valence-corrected chi connectivity index (χ4v) is 3.44. The van der Waals surface area contributed by atoms with Gasteiger partial charge in [-0.05, 0) is 23.6 Å². The molecule has 0 atom stereocenters. The highest BCUT2D eigenvalue weighted by Crippen LogP contribution is 2.22. The van der Waals surface area contributed by atoms with Crippen LogP contribution in [-0.4, -0.2) is 28.5 Å². The Hall–Kier alpha value is -2.03. The maximum absolute atomic E-state index is 11.8. The third-order valence-electron chi connectivity index (χ3n) is 2.96. The van der Waals surface area contributed by atoms with Gasteiger partial charge in [0.2, 0.25) is 17.5 Å². The van der Waals surface area contributed by atoms with Crippen LogP contribution < -0.4 is 0 Å². The predicted molar refractivity (Wildman–Crippen MR) is 90.6 cm³/mol. The smallest absolute Gasteiger partial charge is 0.306 e. The largest absolute Gasteiger partial charge is 0.457 e. The zero-order chi connectivity index (χ0) is 16.9. The molecule has 0 N–H and O–H groups in total. The van der Waals surface area contributed by atoms with Crippen LogP contribution in [-0.2, 0) is 16.0 Å². The molecule has 124 valence electrons. The number of esters is 1. The number of carbonyl (C=O) groups is 2. The Labute approximate surface area is 150 Å². The second-order valence-corrected chi connectivity index (χ2v) is 7.34. The molecule has 0 spiro atoms. The van der Waals surface area contributed by atoms with Gasteiger partial charge in [-0.25, -0.2) is 0 Å². The molecule has 24 heavy (non-hydrogen) atoms. The number of hydrogen-bond donors (Lipinski definition) is 0. The lowest BCUT2D eigenvalue weighted by Crippen LogP contribution is -2.13. The minimum Gasteiger partial charge on any atom is -0.457 e. The quantitative estimate of drug-likeness (QED) is 0.455. The highest BCUT2D eigenvalue weighted by atomic mass is 35.5. The molecule has 0 fully saturated rings. The van der Waals surface area contributed by atoms with Gasteiger partial charge in [0, 0.05) is 6.42 Å². The molecular formula is C15H11ClN2O4S2. The number of hydrogen-bond acceptors (Lipinski definition) is 8. The minimum absolute atomic E-state index is 0.0601. The number of halogens is 1. The van der Waals surface area contributed by atoms with Crippen LogP contribution in [0.15, 0.2) is 34.2 Å². The first-order chi connectivity index (χ1) is 11.6. The number of aryl methyl sites for hydroxylation is 1. The molecule has 0 aromatic carbocycles. The summed E-state index contributed by atoms with van der Waals surface area (Å²) in [6, 6.07) is 7.01. The van der Waals surface area contributed by atoms with Crippen LogP contribution in [0.25, 0.3) is 10.7 Å². The van der Waals surface area contributed by atoms with Gasteiger partial charge in [-0.2, -0.15) is 4.98 Å². The molecule has 0 amide bonds. The molecule has 0 aliphatic heterocycles. The molecule has 3 aromatic rings. The van der Waals surface area contributed by atoms with Crippen molar-refractivity contribution in [3.05, 3.63) is 44.7 Å². The molecular weight excluding hydrogens is 372 g/mol.